The summed E-state index contributed by atoms with van der Waals surface area (Å²) in [7, 11) is 0. The number of rotatable bonds is 15. The van der Waals surface area contributed by atoms with Crippen molar-refractivity contribution in [1.82, 2.24) is 0 Å². The Morgan fingerprint density at radius 3 is 0.891 bits per heavy atom. The molecule has 230 valence electrons. The Bertz CT molecular complexity index is 2020. The van der Waals surface area contributed by atoms with Crippen LogP contribution in [0.1, 0.15) is 88.2 Å². The molecule has 0 saturated carbocycles. The number of hydrogen-bond donors (Lipinski definition) is 0. The minimum Gasteiger partial charge on any atom is -0.0610 e. The second-order valence-electron chi connectivity index (χ2n) is 13.9. The normalized spacial score (nSPS) is 12.3. The zero-order chi connectivity index (χ0) is 30.7. The molecule has 0 unspecified atom stereocenters. The van der Waals surface area contributed by atoms with Gasteiger partial charge >= 0.3 is 0 Å². The van der Waals surface area contributed by atoms with Crippen molar-refractivity contribution in [1.29, 1.82) is 0 Å². The zero-order valence-electron chi connectivity index (χ0n) is 27.3. The molecule has 0 fully saturated rings. The van der Waals surface area contributed by atoms with Crippen LogP contribution in [0, 0.1) is 0 Å². The number of hydrogen-bond acceptors (Lipinski definition) is 0. The molecule has 0 amide bonds. The SMILES string of the molecule is c1cc2ccc3ccc(CCCCCCCCCCCCCCc4ccc5ccc6cccc7ccc4c5c67)c4ccc(c1)c2c34. The molecule has 8 rings (SSSR count). The van der Waals surface area contributed by atoms with Crippen LogP contribution in [0.3, 0.4) is 0 Å². The summed E-state index contributed by atoms with van der Waals surface area (Å²) in [6.07, 6.45) is 18.9. The molecule has 8 aromatic carbocycles. The molecule has 0 N–H and O–H groups in total. The van der Waals surface area contributed by atoms with Gasteiger partial charge in [0.2, 0.25) is 0 Å². The largest absolute Gasteiger partial charge is 0.0610 e. The topological polar surface area (TPSA) is 0 Å². The summed E-state index contributed by atoms with van der Waals surface area (Å²) in [5.41, 5.74) is 3.06. The Morgan fingerprint density at radius 2 is 0.522 bits per heavy atom. The molecule has 0 bridgehead atoms. The lowest BCUT2D eigenvalue weighted by Crippen LogP contribution is -1.91. The fourth-order valence-electron chi connectivity index (χ4n) is 8.43. The first-order valence-corrected chi connectivity index (χ1v) is 18.2. The van der Waals surface area contributed by atoms with Crippen molar-refractivity contribution in [3.63, 3.8) is 0 Å². The van der Waals surface area contributed by atoms with Gasteiger partial charge in [0.15, 0.2) is 0 Å². The quantitative estimate of drug-likeness (QED) is 0.0813. The lowest BCUT2D eigenvalue weighted by molar-refractivity contribution is 0.541. The molecule has 0 radical (unpaired) electrons. The van der Waals surface area contributed by atoms with Gasteiger partial charge in [-0.15, -0.1) is 0 Å². The van der Waals surface area contributed by atoms with E-state index >= 15 is 0 Å². The van der Waals surface area contributed by atoms with Gasteiger partial charge in [-0.1, -0.05) is 173 Å². The number of unbranched alkanes of at least 4 members (excludes halogenated alkanes) is 11. The monoisotopic (exact) mass is 598 g/mol. The lowest BCUT2D eigenvalue weighted by Gasteiger charge is -2.14. The predicted octanol–water partition coefficient (Wildman–Crippen LogP) is 13.9. The highest BCUT2D eigenvalue weighted by Gasteiger charge is 2.12. The Hall–Kier alpha value is -4.16. The average Bonchev–Trinajstić information content (AvgIpc) is 3.10. The average molecular weight is 599 g/mol. The summed E-state index contributed by atoms with van der Waals surface area (Å²) in [6.45, 7) is 0. The molecule has 0 saturated heterocycles. The summed E-state index contributed by atoms with van der Waals surface area (Å²) in [4.78, 5) is 0. The van der Waals surface area contributed by atoms with E-state index in [4.69, 9.17) is 0 Å². The van der Waals surface area contributed by atoms with Gasteiger partial charge in [0, 0.05) is 0 Å². The number of aryl methyl sites for hydroxylation is 2. The Morgan fingerprint density at radius 1 is 0.239 bits per heavy atom. The third-order valence-electron chi connectivity index (χ3n) is 10.9. The minimum atomic E-state index is 1.20. The lowest BCUT2D eigenvalue weighted by atomic mass is 9.90. The first kappa shape index (κ1) is 29.3. The molecule has 0 aromatic heterocycles. The standard InChI is InChI=1S/C46H46/c1(3-5-7-9-11-15-33-21-23-39-27-25-35-17-13-19-37-29-31-41(33)45(39)43(35)37)2-4-6-8-10-12-16-34-22-24-40-28-26-36-18-14-20-38-30-32-42(34)46(40)44(36)38/h13-14,17-32H,1-12,15-16H2. The van der Waals surface area contributed by atoms with E-state index in [1.165, 1.54) is 166 Å². The third-order valence-corrected chi connectivity index (χ3v) is 10.9. The van der Waals surface area contributed by atoms with Crippen LogP contribution in [-0.4, -0.2) is 0 Å². The predicted molar refractivity (Wildman–Crippen MR) is 203 cm³/mol. The molecule has 0 heterocycles. The van der Waals surface area contributed by atoms with Crippen molar-refractivity contribution in [3.05, 3.63) is 120 Å². The van der Waals surface area contributed by atoms with Gasteiger partial charge in [0.1, 0.15) is 0 Å². The summed E-state index contributed by atoms with van der Waals surface area (Å²) >= 11 is 0. The molecular formula is C46H46. The minimum absolute atomic E-state index is 1.20. The molecule has 0 atom stereocenters. The van der Waals surface area contributed by atoms with Crippen LogP contribution in [0.4, 0.5) is 0 Å². The van der Waals surface area contributed by atoms with Gasteiger partial charge in [-0.2, -0.15) is 0 Å². The van der Waals surface area contributed by atoms with E-state index in [1.807, 2.05) is 0 Å². The fraction of sp³-hybridized carbons (Fsp3) is 0.304. The molecule has 0 spiro atoms. The number of benzene rings is 8. The highest BCUT2D eigenvalue weighted by atomic mass is 14.2. The van der Waals surface area contributed by atoms with Crippen molar-refractivity contribution < 1.29 is 0 Å². The maximum Gasteiger partial charge on any atom is -0.00240 e. The van der Waals surface area contributed by atoms with Crippen LogP contribution in [0.5, 0.6) is 0 Å². The molecule has 46 heavy (non-hydrogen) atoms. The van der Waals surface area contributed by atoms with Gasteiger partial charge in [-0.05, 0) is 101 Å². The van der Waals surface area contributed by atoms with Gasteiger partial charge in [-0.3, -0.25) is 0 Å². The van der Waals surface area contributed by atoms with Crippen molar-refractivity contribution in [2.45, 2.75) is 89.9 Å². The second-order valence-corrected chi connectivity index (χ2v) is 13.9. The highest BCUT2D eigenvalue weighted by molar-refractivity contribution is 6.24. The van der Waals surface area contributed by atoms with Crippen molar-refractivity contribution in [3.8, 4) is 0 Å². The molecule has 8 aromatic rings. The van der Waals surface area contributed by atoms with Crippen LogP contribution >= 0.6 is 0 Å². The summed E-state index contributed by atoms with van der Waals surface area (Å²) < 4.78 is 0. The zero-order valence-corrected chi connectivity index (χ0v) is 27.3. The van der Waals surface area contributed by atoms with E-state index in [-0.39, 0.29) is 0 Å². The maximum atomic E-state index is 2.38. The molecular weight excluding hydrogens is 553 g/mol. The van der Waals surface area contributed by atoms with E-state index < -0.39 is 0 Å². The highest BCUT2D eigenvalue weighted by Crippen LogP contribution is 2.38. The van der Waals surface area contributed by atoms with E-state index in [9.17, 15) is 0 Å². The van der Waals surface area contributed by atoms with E-state index in [1.54, 1.807) is 0 Å². The fourth-order valence-corrected chi connectivity index (χ4v) is 8.43. The second kappa shape index (κ2) is 13.3. The van der Waals surface area contributed by atoms with E-state index in [2.05, 4.69) is 109 Å². The Balaban J connectivity index is 0.715. The molecule has 0 aliphatic rings. The Labute approximate surface area is 274 Å². The smallest absolute Gasteiger partial charge is 0.00240 e. The molecule has 0 heteroatoms. The first-order chi connectivity index (χ1) is 22.8. The van der Waals surface area contributed by atoms with Crippen LogP contribution in [0.15, 0.2) is 109 Å². The van der Waals surface area contributed by atoms with Crippen LogP contribution in [-0.2, 0) is 12.8 Å². The molecule has 0 aliphatic carbocycles. The van der Waals surface area contributed by atoms with Crippen LogP contribution in [0.25, 0.3) is 64.6 Å². The van der Waals surface area contributed by atoms with Crippen LogP contribution < -0.4 is 0 Å². The van der Waals surface area contributed by atoms with E-state index in [0.717, 1.165) is 0 Å². The third kappa shape index (κ3) is 5.68. The van der Waals surface area contributed by atoms with Crippen molar-refractivity contribution in [2.75, 3.05) is 0 Å². The van der Waals surface area contributed by atoms with Gasteiger partial charge in [0.25, 0.3) is 0 Å². The molecule has 0 nitrogen and oxygen atoms in total. The Kier molecular flexibility index (Phi) is 8.45. The van der Waals surface area contributed by atoms with E-state index in [0.29, 0.717) is 0 Å². The van der Waals surface area contributed by atoms with Gasteiger partial charge in [0.05, 0.1) is 0 Å². The van der Waals surface area contributed by atoms with Crippen molar-refractivity contribution >= 4 is 64.6 Å². The summed E-state index contributed by atoms with van der Waals surface area (Å²) in [6, 6.07) is 41.4. The van der Waals surface area contributed by atoms with Gasteiger partial charge < -0.3 is 0 Å². The van der Waals surface area contributed by atoms with Crippen LogP contribution in [0.2, 0.25) is 0 Å². The summed E-state index contributed by atoms with van der Waals surface area (Å²) in [5, 5.41) is 17.0. The molecule has 0 aliphatic heterocycles. The maximum absolute atomic E-state index is 2.38. The van der Waals surface area contributed by atoms with Crippen molar-refractivity contribution in [2.24, 2.45) is 0 Å². The first-order valence-electron chi connectivity index (χ1n) is 18.2. The van der Waals surface area contributed by atoms with Gasteiger partial charge in [-0.25, -0.2) is 0 Å². The summed E-state index contributed by atoms with van der Waals surface area (Å²) in [5.74, 6) is 0.